The summed E-state index contributed by atoms with van der Waals surface area (Å²) in [6, 6.07) is 11.3. The maximum absolute atomic E-state index is 12.0. The minimum atomic E-state index is -0.0892. The van der Waals surface area contributed by atoms with Crippen LogP contribution in [-0.2, 0) is 6.54 Å². The van der Waals surface area contributed by atoms with Gasteiger partial charge in [0.1, 0.15) is 0 Å². The number of nitrogens with one attached hydrogen (secondary N) is 3. The van der Waals surface area contributed by atoms with Crippen molar-refractivity contribution < 1.29 is 4.79 Å². The lowest BCUT2D eigenvalue weighted by Gasteiger charge is -2.12. The number of benzene rings is 1. The van der Waals surface area contributed by atoms with Crippen molar-refractivity contribution in [2.75, 3.05) is 26.7 Å². The molecule has 0 atom stereocenters. The first-order chi connectivity index (χ1) is 11.7. The molecule has 136 valence electrons. The third-order valence-corrected chi connectivity index (χ3v) is 3.84. The largest absolute Gasteiger partial charge is 0.355 e. The van der Waals surface area contributed by atoms with Gasteiger partial charge in [0.2, 0.25) is 0 Å². The van der Waals surface area contributed by atoms with Crippen LogP contribution in [0.15, 0.2) is 58.3 Å². The van der Waals surface area contributed by atoms with Crippen molar-refractivity contribution in [3.63, 3.8) is 0 Å². The molecule has 0 bridgehead atoms. The molecule has 2 rings (SSSR count). The fraction of sp³-hybridized carbons (Fsp3) is 0.294. The van der Waals surface area contributed by atoms with E-state index in [1.807, 2.05) is 36.7 Å². The highest BCUT2D eigenvalue weighted by Gasteiger charge is 2.05. The van der Waals surface area contributed by atoms with Crippen LogP contribution in [0.3, 0.4) is 0 Å². The van der Waals surface area contributed by atoms with Crippen LogP contribution in [0.4, 0.5) is 0 Å². The minimum Gasteiger partial charge on any atom is -0.355 e. The van der Waals surface area contributed by atoms with Crippen molar-refractivity contribution in [3.05, 3.63) is 58.8 Å². The van der Waals surface area contributed by atoms with E-state index in [4.69, 9.17) is 0 Å². The van der Waals surface area contributed by atoms with Crippen LogP contribution in [-0.4, -0.2) is 43.1 Å². The SMILES string of the molecule is CN=C(NCCNC(=O)c1cccc(Br)c1)NCCn1cccc1.I. The maximum atomic E-state index is 12.0. The first kappa shape index (κ1) is 21.5. The Morgan fingerprint density at radius 3 is 2.44 bits per heavy atom. The molecule has 2 aromatic rings. The zero-order valence-corrected chi connectivity index (χ0v) is 18.0. The second-order valence-corrected chi connectivity index (χ2v) is 6.03. The number of hydrogen-bond donors (Lipinski definition) is 3. The van der Waals surface area contributed by atoms with E-state index in [-0.39, 0.29) is 29.9 Å². The van der Waals surface area contributed by atoms with E-state index in [2.05, 4.69) is 41.4 Å². The lowest BCUT2D eigenvalue weighted by atomic mass is 10.2. The molecular weight excluding hydrogens is 497 g/mol. The molecule has 0 aliphatic rings. The van der Waals surface area contributed by atoms with E-state index in [0.717, 1.165) is 23.5 Å². The molecule has 6 nitrogen and oxygen atoms in total. The first-order valence-electron chi connectivity index (χ1n) is 7.78. The molecule has 1 amide bonds. The molecule has 8 heteroatoms. The Balaban J connectivity index is 0.00000312. The van der Waals surface area contributed by atoms with Gasteiger partial charge in [-0.15, -0.1) is 24.0 Å². The predicted molar refractivity (Wildman–Crippen MR) is 116 cm³/mol. The van der Waals surface area contributed by atoms with Gasteiger partial charge in [0, 0.05) is 55.7 Å². The Kier molecular flexibility index (Phi) is 10.2. The molecule has 1 aromatic heterocycles. The predicted octanol–water partition coefficient (Wildman–Crippen LogP) is 2.46. The average molecular weight is 520 g/mol. The molecule has 25 heavy (non-hydrogen) atoms. The van der Waals surface area contributed by atoms with Crippen molar-refractivity contribution in [2.24, 2.45) is 4.99 Å². The second kappa shape index (κ2) is 11.9. The summed E-state index contributed by atoms with van der Waals surface area (Å²) in [5.74, 6) is 0.632. The van der Waals surface area contributed by atoms with E-state index in [0.29, 0.717) is 18.7 Å². The highest BCUT2D eigenvalue weighted by Crippen LogP contribution is 2.11. The van der Waals surface area contributed by atoms with Crippen molar-refractivity contribution in [1.82, 2.24) is 20.5 Å². The van der Waals surface area contributed by atoms with Crippen molar-refractivity contribution in [1.29, 1.82) is 0 Å². The van der Waals surface area contributed by atoms with Crippen LogP contribution in [0.25, 0.3) is 0 Å². The van der Waals surface area contributed by atoms with Gasteiger partial charge in [-0.2, -0.15) is 0 Å². The summed E-state index contributed by atoms with van der Waals surface area (Å²) in [6.07, 6.45) is 4.05. The van der Waals surface area contributed by atoms with Gasteiger partial charge in [0.15, 0.2) is 5.96 Å². The molecule has 3 N–H and O–H groups in total. The molecule has 0 radical (unpaired) electrons. The normalized spacial score (nSPS) is 10.7. The standard InChI is InChI=1S/C17H22BrN5O.HI/c1-19-17(22-9-12-23-10-2-3-11-23)21-8-7-20-16(24)14-5-4-6-15(18)13-14;/h2-6,10-11,13H,7-9,12H2,1H3,(H,20,24)(H2,19,21,22);1H. The van der Waals surface area contributed by atoms with Crippen LogP contribution < -0.4 is 16.0 Å². The topological polar surface area (TPSA) is 70.4 Å². The molecule has 0 aliphatic carbocycles. The van der Waals surface area contributed by atoms with Gasteiger partial charge in [-0.25, -0.2) is 0 Å². The van der Waals surface area contributed by atoms with Crippen LogP contribution in [0, 0.1) is 0 Å². The molecule has 0 saturated carbocycles. The van der Waals surface area contributed by atoms with Gasteiger partial charge in [-0.05, 0) is 30.3 Å². The van der Waals surface area contributed by atoms with Crippen LogP contribution >= 0.6 is 39.9 Å². The second-order valence-electron chi connectivity index (χ2n) is 5.11. The van der Waals surface area contributed by atoms with Gasteiger partial charge in [-0.3, -0.25) is 9.79 Å². The highest BCUT2D eigenvalue weighted by molar-refractivity contribution is 14.0. The smallest absolute Gasteiger partial charge is 0.251 e. The first-order valence-corrected chi connectivity index (χ1v) is 8.57. The molecule has 0 fully saturated rings. The number of nitrogens with zero attached hydrogens (tertiary/aromatic N) is 2. The third kappa shape index (κ3) is 7.91. The van der Waals surface area contributed by atoms with Gasteiger partial charge in [0.25, 0.3) is 5.91 Å². The van der Waals surface area contributed by atoms with Crippen LogP contribution in [0.2, 0.25) is 0 Å². The van der Waals surface area contributed by atoms with Crippen molar-refractivity contribution >= 4 is 51.8 Å². The quantitative estimate of drug-likeness (QED) is 0.228. The van der Waals surface area contributed by atoms with E-state index in [9.17, 15) is 4.79 Å². The number of carbonyl (C=O) groups excluding carboxylic acids is 1. The van der Waals surface area contributed by atoms with Crippen molar-refractivity contribution in [3.8, 4) is 0 Å². The Labute approximate surface area is 173 Å². The van der Waals surface area contributed by atoms with Gasteiger partial charge in [0.05, 0.1) is 0 Å². The summed E-state index contributed by atoms with van der Waals surface area (Å²) < 4.78 is 2.99. The third-order valence-electron chi connectivity index (χ3n) is 3.34. The number of halogens is 2. The average Bonchev–Trinajstić information content (AvgIpc) is 3.10. The van der Waals surface area contributed by atoms with Gasteiger partial charge in [-0.1, -0.05) is 22.0 Å². The Morgan fingerprint density at radius 2 is 1.76 bits per heavy atom. The Hall–Kier alpha value is -1.55. The number of guanidine groups is 1. The molecule has 1 heterocycles. The fourth-order valence-electron chi connectivity index (χ4n) is 2.13. The van der Waals surface area contributed by atoms with Gasteiger partial charge >= 0.3 is 0 Å². The number of rotatable bonds is 7. The number of aromatic nitrogens is 1. The van der Waals surface area contributed by atoms with Crippen molar-refractivity contribution in [2.45, 2.75) is 6.54 Å². The van der Waals surface area contributed by atoms with Crippen LogP contribution in [0.5, 0.6) is 0 Å². The number of aliphatic imine (C=N–C) groups is 1. The monoisotopic (exact) mass is 519 g/mol. The summed E-state index contributed by atoms with van der Waals surface area (Å²) in [7, 11) is 1.73. The summed E-state index contributed by atoms with van der Waals surface area (Å²) in [5, 5.41) is 9.28. The van der Waals surface area contributed by atoms with E-state index in [1.165, 1.54) is 0 Å². The molecule has 0 spiro atoms. The lowest BCUT2D eigenvalue weighted by molar-refractivity contribution is 0.0954. The maximum Gasteiger partial charge on any atom is 0.251 e. The molecule has 0 unspecified atom stereocenters. The summed E-state index contributed by atoms with van der Waals surface area (Å²) in [5.41, 5.74) is 0.638. The van der Waals surface area contributed by atoms with E-state index in [1.54, 1.807) is 19.2 Å². The highest BCUT2D eigenvalue weighted by atomic mass is 127. The summed E-state index contributed by atoms with van der Waals surface area (Å²) >= 11 is 3.36. The molecule has 1 aromatic carbocycles. The number of carbonyl (C=O) groups is 1. The van der Waals surface area contributed by atoms with E-state index < -0.39 is 0 Å². The molecule has 0 aliphatic heterocycles. The summed E-state index contributed by atoms with van der Waals surface area (Å²) in [6.45, 7) is 2.76. The molecule has 0 saturated heterocycles. The Morgan fingerprint density at radius 1 is 1.08 bits per heavy atom. The lowest BCUT2D eigenvalue weighted by Crippen LogP contribution is -2.42. The number of amides is 1. The van der Waals surface area contributed by atoms with E-state index >= 15 is 0 Å². The zero-order valence-electron chi connectivity index (χ0n) is 14.0. The minimum absolute atomic E-state index is 0. The number of hydrogen-bond acceptors (Lipinski definition) is 2. The van der Waals surface area contributed by atoms with Crippen LogP contribution in [0.1, 0.15) is 10.4 Å². The fourth-order valence-corrected chi connectivity index (χ4v) is 2.53. The molecular formula is C17H23BrIN5O. The summed E-state index contributed by atoms with van der Waals surface area (Å²) in [4.78, 5) is 16.2. The van der Waals surface area contributed by atoms with Gasteiger partial charge < -0.3 is 20.5 Å². The zero-order chi connectivity index (χ0) is 17.2. The Bertz CT molecular complexity index is 675.